The van der Waals surface area contributed by atoms with Gasteiger partial charge in [-0.25, -0.2) is 8.78 Å². The first kappa shape index (κ1) is 14.4. The van der Waals surface area contributed by atoms with Crippen LogP contribution in [0.15, 0.2) is 24.3 Å². The molecule has 18 heavy (non-hydrogen) atoms. The molecule has 1 amide bonds. The average molecular weight is 256 g/mol. The van der Waals surface area contributed by atoms with Gasteiger partial charge in [-0.05, 0) is 23.6 Å². The van der Waals surface area contributed by atoms with Gasteiger partial charge in [-0.3, -0.25) is 4.79 Å². The van der Waals surface area contributed by atoms with E-state index in [9.17, 15) is 13.6 Å². The fourth-order valence-corrected chi connectivity index (χ4v) is 1.67. The summed E-state index contributed by atoms with van der Waals surface area (Å²) < 4.78 is 24.3. The Hall–Kier alpha value is -1.65. The van der Waals surface area contributed by atoms with Crippen molar-refractivity contribution in [1.82, 2.24) is 4.90 Å². The molecule has 0 radical (unpaired) electrons. The third-order valence-corrected chi connectivity index (χ3v) is 2.82. The molecule has 2 N–H and O–H groups in total. The lowest BCUT2D eigenvalue weighted by Crippen LogP contribution is -2.31. The topological polar surface area (TPSA) is 46.3 Å². The summed E-state index contributed by atoms with van der Waals surface area (Å²) in [7, 11) is 1.39. The summed E-state index contributed by atoms with van der Waals surface area (Å²) in [4.78, 5) is 12.8. The van der Waals surface area contributed by atoms with E-state index in [4.69, 9.17) is 5.73 Å². The Labute approximate surface area is 106 Å². The van der Waals surface area contributed by atoms with Crippen molar-refractivity contribution in [1.29, 1.82) is 0 Å². The lowest BCUT2D eigenvalue weighted by atomic mass is 9.97. The maximum absolute atomic E-state index is 12.1. The number of rotatable bonds is 5. The zero-order valence-corrected chi connectivity index (χ0v) is 10.6. The van der Waals surface area contributed by atoms with Gasteiger partial charge in [0, 0.05) is 19.2 Å². The van der Waals surface area contributed by atoms with Gasteiger partial charge in [-0.15, -0.1) is 0 Å². The van der Waals surface area contributed by atoms with Gasteiger partial charge in [0.15, 0.2) is 0 Å². The molecule has 0 heterocycles. The number of nitrogens with two attached hydrogens (primary N) is 1. The molecular formula is C13H18F2N2O. The number of nitrogens with zero attached hydrogens (tertiary/aromatic N) is 1. The summed E-state index contributed by atoms with van der Waals surface area (Å²) in [5.41, 5.74) is 7.21. The highest BCUT2D eigenvalue weighted by Crippen LogP contribution is 2.21. The van der Waals surface area contributed by atoms with Crippen LogP contribution in [0.25, 0.3) is 0 Å². The number of alkyl halides is 2. The number of carbonyl (C=O) groups excluding carboxylic acids is 1. The van der Waals surface area contributed by atoms with Crippen molar-refractivity contribution in [3.63, 3.8) is 0 Å². The minimum atomic E-state index is -2.49. The fourth-order valence-electron chi connectivity index (χ4n) is 1.67. The van der Waals surface area contributed by atoms with E-state index in [0.717, 1.165) is 10.5 Å². The zero-order chi connectivity index (χ0) is 13.7. The summed E-state index contributed by atoms with van der Waals surface area (Å²) in [6.45, 7) is 1.37. The van der Waals surface area contributed by atoms with E-state index in [1.165, 1.54) is 7.05 Å². The molecule has 1 atom stereocenters. The van der Waals surface area contributed by atoms with Crippen LogP contribution in [0.4, 0.5) is 14.5 Å². The first-order valence-electron chi connectivity index (χ1n) is 5.77. The van der Waals surface area contributed by atoms with Crippen LogP contribution >= 0.6 is 0 Å². The van der Waals surface area contributed by atoms with Gasteiger partial charge < -0.3 is 10.6 Å². The van der Waals surface area contributed by atoms with Gasteiger partial charge >= 0.3 is 0 Å². The number of amides is 1. The standard InChI is InChI=1S/C13H18F2N2O/c1-9(10-3-5-11(16)6-4-10)7-13(18)17(2)8-12(14)15/h3-6,9,12H,7-8,16H2,1-2H3. The lowest BCUT2D eigenvalue weighted by Gasteiger charge is -2.19. The number of hydrogen-bond acceptors (Lipinski definition) is 2. The normalized spacial score (nSPS) is 12.5. The van der Waals surface area contributed by atoms with E-state index in [0.29, 0.717) is 5.69 Å². The van der Waals surface area contributed by atoms with Gasteiger partial charge in [0.25, 0.3) is 6.43 Å². The predicted octanol–water partition coefficient (Wildman–Crippen LogP) is 2.49. The van der Waals surface area contributed by atoms with E-state index in [2.05, 4.69) is 0 Å². The molecule has 1 unspecified atom stereocenters. The quantitative estimate of drug-likeness (QED) is 0.823. The second kappa shape index (κ2) is 6.33. The van der Waals surface area contributed by atoms with Gasteiger partial charge in [0.05, 0.1) is 6.54 Å². The maximum Gasteiger partial charge on any atom is 0.255 e. The number of benzene rings is 1. The highest BCUT2D eigenvalue weighted by atomic mass is 19.3. The molecule has 0 aliphatic rings. The Morgan fingerprint density at radius 3 is 2.39 bits per heavy atom. The van der Waals surface area contributed by atoms with Crippen molar-refractivity contribution in [3.8, 4) is 0 Å². The summed E-state index contributed by atoms with van der Waals surface area (Å²) in [6.07, 6.45) is -2.28. The zero-order valence-electron chi connectivity index (χ0n) is 10.6. The Morgan fingerprint density at radius 1 is 1.33 bits per heavy atom. The van der Waals surface area contributed by atoms with Gasteiger partial charge in [-0.2, -0.15) is 0 Å². The number of carbonyl (C=O) groups is 1. The Kier molecular flexibility index (Phi) is 5.07. The van der Waals surface area contributed by atoms with Crippen LogP contribution in [0, 0.1) is 0 Å². The second-order valence-corrected chi connectivity index (χ2v) is 4.44. The van der Waals surface area contributed by atoms with Crippen molar-refractivity contribution < 1.29 is 13.6 Å². The van der Waals surface area contributed by atoms with E-state index in [1.807, 2.05) is 19.1 Å². The van der Waals surface area contributed by atoms with Crippen LogP contribution in [0.2, 0.25) is 0 Å². The minimum Gasteiger partial charge on any atom is -0.399 e. The first-order valence-corrected chi connectivity index (χ1v) is 5.77. The molecule has 0 spiro atoms. The van der Waals surface area contributed by atoms with E-state index < -0.39 is 13.0 Å². The Balaban J connectivity index is 2.56. The van der Waals surface area contributed by atoms with Crippen molar-refractivity contribution in [2.45, 2.75) is 25.7 Å². The largest absolute Gasteiger partial charge is 0.399 e. The molecule has 0 saturated carbocycles. The molecule has 1 rings (SSSR count). The average Bonchev–Trinajstić information content (AvgIpc) is 2.28. The van der Waals surface area contributed by atoms with Crippen molar-refractivity contribution in [2.75, 3.05) is 19.3 Å². The van der Waals surface area contributed by atoms with Gasteiger partial charge in [0.1, 0.15) is 0 Å². The molecule has 0 saturated heterocycles. The van der Waals surface area contributed by atoms with Gasteiger partial charge in [0.2, 0.25) is 5.91 Å². The van der Waals surface area contributed by atoms with E-state index in [-0.39, 0.29) is 18.2 Å². The number of anilines is 1. The molecule has 3 nitrogen and oxygen atoms in total. The molecule has 1 aromatic carbocycles. The minimum absolute atomic E-state index is 0.0155. The fraction of sp³-hybridized carbons (Fsp3) is 0.462. The monoisotopic (exact) mass is 256 g/mol. The number of hydrogen-bond donors (Lipinski definition) is 1. The Morgan fingerprint density at radius 2 is 1.89 bits per heavy atom. The van der Waals surface area contributed by atoms with E-state index in [1.54, 1.807) is 12.1 Å². The molecular weight excluding hydrogens is 238 g/mol. The smallest absolute Gasteiger partial charge is 0.255 e. The molecule has 0 aromatic heterocycles. The highest BCUT2D eigenvalue weighted by molar-refractivity contribution is 5.76. The predicted molar refractivity (Wildman–Crippen MR) is 67.5 cm³/mol. The van der Waals surface area contributed by atoms with Crippen LogP contribution in [0.1, 0.15) is 24.8 Å². The van der Waals surface area contributed by atoms with Crippen LogP contribution in [0.3, 0.4) is 0 Å². The van der Waals surface area contributed by atoms with Gasteiger partial charge in [-0.1, -0.05) is 19.1 Å². The second-order valence-electron chi connectivity index (χ2n) is 4.44. The number of nitrogen functional groups attached to an aromatic ring is 1. The number of halogens is 2. The molecule has 0 fully saturated rings. The van der Waals surface area contributed by atoms with Crippen molar-refractivity contribution >= 4 is 11.6 Å². The van der Waals surface area contributed by atoms with E-state index >= 15 is 0 Å². The molecule has 100 valence electrons. The first-order chi connectivity index (χ1) is 8.40. The molecule has 0 bridgehead atoms. The van der Waals surface area contributed by atoms with Crippen molar-refractivity contribution in [2.24, 2.45) is 0 Å². The third-order valence-electron chi connectivity index (χ3n) is 2.82. The summed E-state index contributed by atoms with van der Waals surface area (Å²) >= 11 is 0. The summed E-state index contributed by atoms with van der Waals surface area (Å²) in [5, 5.41) is 0. The molecule has 0 aliphatic carbocycles. The molecule has 1 aromatic rings. The third kappa shape index (κ3) is 4.31. The summed E-state index contributed by atoms with van der Waals surface area (Å²) in [5.74, 6) is -0.294. The van der Waals surface area contributed by atoms with Crippen LogP contribution < -0.4 is 5.73 Å². The molecule has 0 aliphatic heterocycles. The lowest BCUT2D eigenvalue weighted by molar-refractivity contribution is -0.131. The Bertz CT molecular complexity index is 392. The van der Waals surface area contributed by atoms with Crippen molar-refractivity contribution in [3.05, 3.63) is 29.8 Å². The molecule has 5 heteroatoms. The van der Waals surface area contributed by atoms with Crippen LogP contribution in [-0.4, -0.2) is 30.8 Å². The van der Waals surface area contributed by atoms with Crippen LogP contribution in [0.5, 0.6) is 0 Å². The maximum atomic E-state index is 12.1. The van der Waals surface area contributed by atoms with Crippen LogP contribution in [-0.2, 0) is 4.79 Å². The highest BCUT2D eigenvalue weighted by Gasteiger charge is 2.17. The summed E-state index contributed by atoms with van der Waals surface area (Å²) in [6, 6.07) is 7.22. The SMILES string of the molecule is CC(CC(=O)N(C)CC(F)F)c1ccc(N)cc1.